The third-order valence-electron chi connectivity index (χ3n) is 3.51. The normalized spacial score (nSPS) is 14.4. The van der Waals surface area contributed by atoms with Crippen molar-refractivity contribution in [2.24, 2.45) is 0 Å². The number of anilines is 1. The first-order chi connectivity index (χ1) is 10.7. The second-order valence-corrected chi connectivity index (χ2v) is 5.69. The molecular formula is C15H15N3O3S. The van der Waals surface area contributed by atoms with Crippen LogP contribution < -0.4 is 9.64 Å². The van der Waals surface area contributed by atoms with E-state index >= 15 is 0 Å². The summed E-state index contributed by atoms with van der Waals surface area (Å²) in [5.41, 5.74) is 1.48. The number of carbonyl (C=O) groups is 2. The summed E-state index contributed by atoms with van der Waals surface area (Å²) < 4.78 is 9.11. The van der Waals surface area contributed by atoms with Crippen molar-refractivity contribution in [3.63, 3.8) is 0 Å². The largest absolute Gasteiger partial charge is 0.422 e. The Kier molecular flexibility index (Phi) is 4.15. The van der Waals surface area contributed by atoms with Crippen LogP contribution in [0.5, 0.6) is 5.75 Å². The van der Waals surface area contributed by atoms with Crippen molar-refractivity contribution in [1.82, 2.24) is 9.59 Å². The molecule has 0 saturated carbocycles. The van der Waals surface area contributed by atoms with Gasteiger partial charge in [-0.25, -0.2) is 4.79 Å². The number of aryl methyl sites for hydroxylation is 1. The molecule has 0 spiro atoms. The van der Waals surface area contributed by atoms with E-state index in [9.17, 15) is 9.59 Å². The van der Waals surface area contributed by atoms with Crippen molar-refractivity contribution in [2.45, 2.75) is 26.2 Å². The van der Waals surface area contributed by atoms with Gasteiger partial charge in [0.2, 0.25) is 5.91 Å². The number of aromatic nitrogens is 2. The highest BCUT2D eigenvalue weighted by atomic mass is 32.1. The van der Waals surface area contributed by atoms with Crippen LogP contribution in [0.25, 0.3) is 0 Å². The second kappa shape index (κ2) is 6.23. The number of hydrogen-bond acceptors (Lipinski definition) is 6. The van der Waals surface area contributed by atoms with Crippen molar-refractivity contribution in [3.8, 4) is 5.75 Å². The summed E-state index contributed by atoms with van der Waals surface area (Å²) in [5, 5.41) is 3.90. The number of nitrogens with zero attached hydrogens (tertiary/aromatic N) is 3. The van der Waals surface area contributed by atoms with Crippen LogP contribution in [-0.2, 0) is 11.2 Å². The zero-order valence-electron chi connectivity index (χ0n) is 12.1. The van der Waals surface area contributed by atoms with Gasteiger partial charge in [0.05, 0.1) is 5.69 Å². The Balaban J connectivity index is 1.71. The van der Waals surface area contributed by atoms with Crippen LogP contribution in [0.15, 0.2) is 24.3 Å². The minimum atomic E-state index is -0.447. The van der Waals surface area contributed by atoms with Crippen LogP contribution in [0.1, 0.15) is 35.1 Å². The molecule has 1 aromatic heterocycles. The maximum Gasteiger partial charge on any atom is 0.357 e. The van der Waals surface area contributed by atoms with Gasteiger partial charge in [0.1, 0.15) is 5.75 Å². The molecule has 0 unspecified atom stereocenters. The van der Waals surface area contributed by atoms with Crippen molar-refractivity contribution in [3.05, 3.63) is 34.8 Å². The molecule has 0 radical (unpaired) electrons. The fraction of sp³-hybridized carbons (Fsp3) is 0.333. The Bertz CT molecular complexity index is 696. The predicted molar refractivity (Wildman–Crippen MR) is 82.3 cm³/mol. The topological polar surface area (TPSA) is 72.4 Å². The minimum absolute atomic E-state index is 0.132. The summed E-state index contributed by atoms with van der Waals surface area (Å²) >= 11 is 1.04. The zero-order valence-corrected chi connectivity index (χ0v) is 12.9. The SMILES string of the molecule is CCc1nnsc1C(=O)Oc1ccc(N2CCCC2=O)cc1. The van der Waals surface area contributed by atoms with E-state index in [1.807, 2.05) is 6.92 Å². The predicted octanol–water partition coefficient (Wildman–Crippen LogP) is 2.45. The molecule has 0 bridgehead atoms. The molecule has 1 aliphatic rings. The molecule has 7 heteroatoms. The Labute approximate surface area is 131 Å². The first-order valence-corrected chi connectivity index (χ1v) is 7.90. The average Bonchev–Trinajstić information content (AvgIpc) is 3.16. The summed E-state index contributed by atoms with van der Waals surface area (Å²) in [6.45, 7) is 2.65. The number of esters is 1. The van der Waals surface area contributed by atoms with Crippen LogP contribution in [0, 0.1) is 0 Å². The van der Waals surface area contributed by atoms with Gasteiger partial charge in [-0.1, -0.05) is 11.4 Å². The molecule has 114 valence electrons. The molecule has 2 heterocycles. The van der Waals surface area contributed by atoms with Crippen LogP contribution >= 0.6 is 11.5 Å². The van der Waals surface area contributed by atoms with Gasteiger partial charge in [-0.15, -0.1) is 5.10 Å². The summed E-state index contributed by atoms with van der Waals surface area (Å²) in [7, 11) is 0. The maximum absolute atomic E-state index is 12.1. The average molecular weight is 317 g/mol. The minimum Gasteiger partial charge on any atom is -0.422 e. The van der Waals surface area contributed by atoms with Gasteiger partial charge in [-0.3, -0.25) is 4.79 Å². The van der Waals surface area contributed by atoms with Crippen molar-refractivity contribution >= 4 is 29.1 Å². The van der Waals surface area contributed by atoms with Crippen molar-refractivity contribution < 1.29 is 14.3 Å². The van der Waals surface area contributed by atoms with Gasteiger partial charge in [0, 0.05) is 18.7 Å². The molecule has 0 atom stereocenters. The van der Waals surface area contributed by atoms with Crippen LogP contribution in [0.2, 0.25) is 0 Å². The number of rotatable bonds is 4. The quantitative estimate of drug-likeness (QED) is 0.640. The summed E-state index contributed by atoms with van der Waals surface area (Å²) in [5.74, 6) is 0.126. The molecule has 2 aromatic rings. The fourth-order valence-corrected chi connectivity index (χ4v) is 2.99. The number of amides is 1. The van der Waals surface area contributed by atoms with Gasteiger partial charge < -0.3 is 9.64 Å². The number of carbonyl (C=O) groups excluding carboxylic acids is 2. The molecule has 6 nitrogen and oxygen atoms in total. The van der Waals surface area contributed by atoms with Gasteiger partial charge in [-0.05, 0) is 48.6 Å². The fourth-order valence-electron chi connectivity index (χ4n) is 2.36. The lowest BCUT2D eigenvalue weighted by atomic mass is 10.2. The Morgan fingerprint density at radius 1 is 1.36 bits per heavy atom. The summed E-state index contributed by atoms with van der Waals surface area (Å²) in [6, 6.07) is 6.97. The van der Waals surface area contributed by atoms with E-state index in [0.29, 0.717) is 29.2 Å². The first-order valence-electron chi connectivity index (χ1n) is 7.13. The lowest BCUT2D eigenvalue weighted by Gasteiger charge is -2.15. The summed E-state index contributed by atoms with van der Waals surface area (Å²) in [4.78, 5) is 26.0. The van der Waals surface area contributed by atoms with Gasteiger partial charge >= 0.3 is 5.97 Å². The summed E-state index contributed by atoms with van der Waals surface area (Å²) in [6.07, 6.45) is 2.11. The second-order valence-electron chi connectivity index (χ2n) is 4.93. The Morgan fingerprint density at radius 3 is 2.77 bits per heavy atom. The van der Waals surface area contributed by atoms with Gasteiger partial charge in [0.15, 0.2) is 4.88 Å². The number of ether oxygens (including phenoxy) is 1. The zero-order chi connectivity index (χ0) is 15.5. The highest BCUT2D eigenvalue weighted by Crippen LogP contribution is 2.24. The standard InChI is InChI=1S/C15H15N3O3S/c1-2-12-14(22-17-16-12)15(20)21-11-7-5-10(6-8-11)18-9-3-4-13(18)19/h5-8H,2-4,9H2,1H3. The van der Waals surface area contributed by atoms with E-state index < -0.39 is 5.97 Å². The highest BCUT2D eigenvalue weighted by Gasteiger charge is 2.22. The third kappa shape index (κ3) is 2.85. The molecule has 0 N–H and O–H groups in total. The molecule has 22 heavy (non-hydrogen) atoms. The molecule has 1 fully saturated rings. The maximum atomic E-state index is 12.1. The highest BCUT2D eigenvalue weighted by molar-refractivity contribution is 7.07. The lowest BCUT2D eigenvalue weighted by molar-refractivity contribution is -0.117. The molecule has 1 aromatic carbocycles. The molecule has 1 aliphatic heterocycles. The van der Waals surface area contributed by atoms with E-state index in [-0.39, 0.29) is 5.91 Å². The Morgan fingerprint density at radius 2 is 2.14 bits per heavy atom. The smallest absolute Gasteiger partial charge is 0.357 e. The van der Waals surface area contributed by atoms with Gasteiger partial charge in [0.25, 0.3) is 0 Å². The number of benzene rings is 1. The van der Waals surface area contributed by atoms with Crippen LogP contribution in [0.3, 0.4) is 0 Å². The molecule has 3 rings (SSSR count). The molecule has 1 amide bonds. The molecule has 0 aliphatic carbocycles. The third-order valence-corrected chi connectivity index (χ3v) is 4.26. The van der Waals surface area contributed by atoms with Crippen molar-refractivity contribution in [2.75, 3.05) is 11.4 Å². The van der Waals surface area contributed by atoms with E-state index in [1.54, 1.807) is 29.2 Å². The van der Waals surface area contributed by atoms with Gasteiger partial charge in [-0.2, -0.15) is 0 Å². The number of hydrogen-bond donors (Lipinski definition) is 0. The van der Waals surface area contributed by atoms with Crippen LogP contribution in [0.4, 0.5) is 5.69 Å². The van der Waals surface area contributed by atoms with E-state index in [1.165, 1.54) is 0 Å². The molecule has 1 saturated heterocycles. The van der Waals surface area contributed by atoms with E-state index in [4.69, 9.17) is 4.74 Å². The first kappa shape index (κ1) is 14.6. The van der Waals surface area contributed by atoms with Crippen molar-refractivity contribution in [1.29, 1.82) is 0 Å². The molecular weight excluding hydrogens is 302 g/mol. The lowest BCUT2D eigenvalue weighted by Crippen LogP contribution is -2.23. The monoisotopic (exact) mass is 317 g/mol. The van der Waals surface area contributed by atoms with Crippen LogP contribution in [-0.4, -0.2) is 28.0 Å². The van der Waals surface area contributed by atoms with E-state index in [2.05, 4.69) is 9.59 Å². The Hall–Kier alpha value is -2.28. The van der Waals surface area contributed by atoms with E-state index in [0.717, 1.165) is 30.2 Å².